The minimum absolute atomic E-state index is 0.0242. The molecule has 0 bridgehead atoms. The van der Waals surface area contributed by atoms with Crippen LogP contribution in [-0.2, 0) is 29.3 Å². The van der Waals surface area contributed by atoms with Gasteiger partial charge >= 0.3 is 6.18 Å². The van der Waals surface area contributed by atoms with Crippen LogP contribution in [-0.4, -0.2) is 24.5 Å². The molecule has 1 aliphatic rings. The summed E-state index contributed by atoms with van der Waals surface area (Å²) in [5, 5.41) is 0.710. The number of H-pyrrole nitrogens is 1. The van der Waals surface area contributed by atoms with Gasteiger partial charge < -0.3 is 14.5 Å². The molecule has 0 unspecified atom stereocenters. The molecule has 38 heavy (non-hydrogen) atoms. The second kappa shape index (κ2) is 9.48. The molecule has 3 aromatic carbocycles. The number of nitrogens with one attached hydrogen (secondary N) is 1. The Balaban J connectivity index is 1.59. The minimum Gasteiger partial charge on any atom is -0.454 e. The number of alkyl halides is 3. The van der Waals surface area contributed by atoms with E-state index in [-0.39, 0.29) is 25.4 Å². The SMILES string of the molecule is Cc1ccc2cc(CN(Cc3ccc4c(c3)OCO4)S(=O)(=O)c3cccc(C(F)(F)F)c3)c(=O)[nH]c2c1C. The van der Waals surface area contributed by atoms with Crippen LogP contribution in [0.25, 0.3) is 10.9 Å². The second-order valence-corrected chi connectivity index (χ2v) is 11.0. The van der Waals surface area contributed by atoms with Gasteiger partial charge in [0.1, 0.15) is 0 Å². The van der Waals surface area contributed by atoms with Crippen LogP contribution >= 0.6 is 0 Å². The van der Waals surface area contributed by atoms with Crippen molar-refractivity contribution in [3.8, 4) is 11.5 Å². The Hall–Kier alpha value is -3.83. The van der Waals surface area contributed by atoms with Gasteiger partial charge in [0.2, 0.25) is 16.8 Å². The summed E-state index contributed by atoms with van der Waals surface area (Å²) in [6, 6.07) is 13.7. The Bertz CT molecular complexity index is 1710. The minimum atomic E-state index is -4.72. The third-order valence-electron chi connectivity index (χ3n) is 6.57. The zero-order chi connectivity index (χ0) is 27.2. The Morgan fingerprint density at radius 3 is 2.47 bits per heavy atom. The first kappa shape index (κ1) is 25.8. The predicted octanol–water partition coefficient (Wildman–Crippen LogP) is 5.28. The molecule has 11 heteroatoms. The maximum absolute atomic E-state index is 13.7. The predicted molar refractivity (Wildman–Crippen MR) is 134 cm³/mol. The van der Waals surface area contributed by atoms with Gasteiger partial charge in [0.05, 0.1) is 16.0 Å². The maximum Gasteiger partial charge on any atom is 0.416 e. The van der Waals surface area contributed by atoms with Gasteiger partial charge in [-0.2, -0.15) is 17.5 Å². The van der Waals surface area contributed by atoms with Gasteiger partial charge in [0.15, 0.2) is 11.5 Å². The molecule has 0 saturated carbocycles. The average molecular weight is 545 g/mol. The summed E-state index contributed by atoms with van der Waals surface area (Å²) in [4.78, 5) is 15.3. The summed E-state index contributed by atoms with van der Waals surface area (Å²) in [6.07, 6.45) is -4.72. The lowest BCUT2D eigenvalue weighted by molar-refractivity contribution is -0.137. The third-order valence-corrected chi connectivity index (χ3v) is 8.36. The standard InChI is InChI=1S/C27H23F3N2O5S/c1-16-6-8-19-11-20(26(33)31-25(19)17(16)2)14-32(13-18-7-9-23-24(10-18)37-15-36-23)38(34,35)22-5-3-4-21(12-22)27(28,29)30/h3-12H,13-15H2,1-2H3,(H,31,33). The number of nitrogens with zero attached hydrogens (tertiary/aromatic N) is 1. The number of halogens is 3. The molecule has 0 aliphatic carbocycles. The van der Waals surface area contributed by atoms with Crippen LogP contribution in [0.2, 0.25) is 0 Å². The van der Waals surface area contributed by atoms with Crippen LogP contribution in [0.1, 0.15) is 27.8 Å². The van der Waals surface area contributed by atoms with Crippen molar-refractivity contribution in [2.45, 2.75) is 38.0 Å². The Morgan fingerprint density at radius 1 is 0.947 bits per heavy atom. The summed E-state index contributed by atoms with van der Waals surface area (Å²) >= 11 is 0. The fourth-order valence-electron chi connectivity index (χ4n) is 4.33. The average Bonchev–Trinajstić information content (AvgIpc) is 3.34. The largest absolute Gasteiger partial charge is 0.454 e. The highest BCUT2D eigenvalue weighted by molar-refractivity contribution is 7.89. The molecule has 2 heterocycles. The lowest BCUT2D eigenvalue weighted by atomic mass is 10.0. The molecule has 0 fully saturated rings. The molecule has 4 aromatic rings. The Kier molecular flexibility index (Phi) is 6.44. The van der Waals surface area contributed by atoms with E-state index in [2.05, 4.69) is 4.98 Å². The number of ether oxygens (including phenoxy) is 2. The molecule has 0 saturated heterocycles. The number of pyridine rings is 1. The number of aromatic nitrogens is 1. The molecule has 0 amide bonds. The number of hydrogen-bond donors (Lipinski definition) is 1. The lowest BCUT2D eigenvalue weighted by Crippen LogP contribution is -2.32. The molecule has 1 aromatic heterocycles. The fourth-order valence-corrected chi connectivity index (χ4v) is 5.78. The van der Waals surface area contributed by atoms with Crippen LogP contribution < -0.4 is 15.0 Å². The first-order valence-electron chi connectivity index (χ1n) is 11.6. The highest BCUT2D eigenvalue weighted by Gasteiger charge is 2.33. The van der Waals surface area contributed by atoms with Crippen molar-refractivity contribution in [3.63, 3.8) is 0 Å². The number of hydrogen-bond acceptors (Lipinski definition) is 5. The van der Waals surface area contributed by atoms with Crippen molar-refractivity contribution < 1.29 is 31.1 Å². The maximum atomic E-state index is 13.7. The van der Waals surface area contributed by atoms with Crippen LogP contribution in [0.15, 0.2) is 70.4 Å². The van der Waals surface area contributed by atoms with Crippen molar-refractivity contribution in [2.24, 2.45) is 0 Å². The summed E-state index contributed by atoms with van der Waals surface area (Å²) in [5.74, 6) is 0.922. The van der Waals surface area contributed by atoms with Gasteiger partial charge in [-0.3, -0.25) is 4.79 Å². The number of aryl methyl sites for hydroxylation is 2. The number of rotatable bonds is 6. The number of benzene rings is 3. The van der Waals surface area contributed by atoms with E-state index in [9.17, 15) is 26.4 Å². The second-order valence-electron chi connectivity index (χ2n) is 9.08. The van der Waals surface area contributed by atoms with E-state index in [0.717, 1.165) is 33.6 Å². The van der Waals surface area contributed by atoms with Crippen molar-refractivity contribution in [3.05, 3.63) is 98.8 Å². The van der Waals surface area contributed by atoms with Crippen LogP contribution in [0, 0.1) is 13.8 Å². The van der Waals surface area contributed by atoms with Crippen LogP contribution in [0.3, 0.4) is 0 Å². The summed E-state index contributed by atoms with van der Waals surface area (Å²) < 4.78 is 79.2. The zero-order valence-electron chi connectivity index (χ0n) is 20.4. The molecule has 0 radical (unpaired) electrons. The molecule has 5 rings (SSSR count). The Morgan fingerprint density at radius 2 is 1.71 bits per heavy atom. The molecule has 7 nitrogen and oxygen atoms in total. The number of sulfonamides is 1. The first-order chi connectivity index (χ1) is 17.9. The molecular formula is C27H23F3N2O5S. The molecular weight excluding hydrogens is 521 g/mol. The van der Waals surface area contributed by atoms with Crippen LogP contribution in [0.5, 0.6) is 11.5 Å². The van der Waals surface area contributed by atoms with Crippen LogP contribution in [0.4, 0.5) is 13.2 Å². The highest BCUT2D eigenvalue weighted by atomic mass is 32.2. The molecule has 0 atom stereocenters. The van der Waals surface area contributed by atoms with Gasteiger partial charge in [-0.1, -0.05) is 24.3 Å². The van der Waals surface area contributed by atoms with Gasteiger partial charge in [0, 0.05) is 18.7 Å². The normalized spacial score (nSPS) is 13.4. The highest BCUT2D eigenvalue weighted by Crippen LogP contribution is 2.35. The molecule has 0 spiro atoms. The van der Waals surface area contributed by atoms with E-state index in [1.54, 1.807) is 24.3 Å². The number of aromatic amines is 1. The van der Waals surface area contributed by atoms with Crippen molar-refractivity contribution >= 4 is 20.9 Å². The van der Waals surface area contributed by atoms with Gasteiger partial charge in [0.25, 0.3) is 5.56 Å². The summed E-state index contributed by atoms with van der Waals surface area (Å²) in [7, 11) is -4.47. The molecule has 198 valence electrons. The lowest BCUT2D eigenvalue weighted by Gasteiger charge is -2.23. The quantitative estimate of drug-likeness (QED) is 0.357. The smallest absolute Gasteiger partial charge is 0.416 e. The monoisotopic (exact) mass is 544 g/mol. The van der Waals surface area contributed by atoms with E-state index in [4.69, 9.17) is 9.47 Å². The first-order valence-corrected chi connectivity index (χ1v) is 13.1. The third kappa shape index (κ3) is 4.86. The van der Waals surface area contributed by atoms with E-state index in [1.165, 1.54) is 0 Å². The zero-order valence-corrected chi connectivity index (χ0v) is 21.2. The van der Waals surface area contributed by atoms with E-state index >= 15 is 0 Å². The molecule has 1 aliphatic heterocycles. The van der Waals surface area contributed by atoms with Gasteiger partial charge in [-0.15, -0.1) is 0 Å². The topological polar surface area (TPSA) is 88.7 Å². The fraction of sp³-hybridized carbons (Fsp3) is 0.222. The summed E-state index contributed by atoms with van der Waals surface area (Å²) in [5.41, 5.74) is 1.60. The van der Waals surface area contributed by atoms with E-state index in [1.807, 2.05) is 26.0 Å². The van der Waals surface area contributed by atoms with Gasteiger partial charge in [-0.25, -0.2) is 8.42 Å². The molecule has 1 N–H and O–H groups in total. The number of fused-ring (bicyclic) bond motifs is 2. The van der Waals surface area contributed by atoms with Crippen molar-refractivity contribution in [2.75, 3.05) is 6.79 Å². The van der Waals surface area contributed by atoms with Gasteiger partial charge in [-0.05, 0) is 72.3 Å². The van der Waals surface area contributed by atoms with E-state index < -0.39 is 32.2 Å². The van der Waals surface area contributed by atoms with Crippen molar-refractivity contribution in [1.29, 1.82) is 0 Å². The van der Waals surface area contributed by atoms with E-state index in [0.29, 0.717) is 34.0 Å². The summed E-state index contributed by atoms with van der Waals surface area (Å²) in [6.45, 7) is 3.22. The Labute approximate surface area is 216 Å². The van der Waals surface area contributed by atoms with Crippen molar-refractivity contribution in [1.82, 2.24) is 9.29 Å².